The Bertz CT molecular complexity index is 938. The van der Waals surface area contributed by atoms with E-state index in [1.54, 1.807) is 24.3 Å². The summed E-state index contributed by atoms with van der Waals surface area (Å²) in [5.74, 6) is -0.968. The Labute approximate surface area is 148 Å². The first-order valence-corrected chi connectivity index (χ1v) is 7.63. The number of methoxy groups -OCH3 is 1. The normalized spacial score (nSPS) is 10.2. The number of hydrogen-bond acceptors (Lipinski definition) is 4. The van der Waals surface area contributed by atoms with E-state index in [4.69, 9.17) is 4.74 Å². The van der Waals surface area contributed by atoms with Gasteiger partial charge in [-0.15, -0.1) is 0 Å². The van der Waals surface area contributed by atoms with Crippen molar-refractivity contribution >= 4 is 23.2 Å². The lowest BCUT2D eigenvalue weighted by Gasteiger charge is -2.09. The SMILES string of the molecule is COc1ccccc1C(=O)Nc1cn[nH]c1C(=O)Nc1ccc(F)cc1. The van der Waals surface area contributed by atoms with Crippen molar-refractivity contribution in [1.29, 1.82) is 0 Å². The number of H-pyrrole nitrogens is 1. The van der Waals surface area contributed by atoms with Gasteiger partial charge in [-0.3, -0.25) is 14.7 Å². The van der Waals surface area contributed by atoms with Crippen molar-refractivity contribution in [2.45, 2.75) is 0 Å². The number of carbonyl (C=O) groups excluding carboxylic acids is 2. The van der Waals surface area contributed by atoms with Gasteiger partial charge in [0.1, 0.15) is 17.3 Å². The van der Waals surface area contributed by atoms with Gasteiger partial charge in [-0.25, -0.2) is 4.39 Å². The fourth-order valence-electron chi connectivity index (χ4n) is 2.30. The molecular weight excluding hydrogens is 339 g/mol. The highest BCUT2D eigenvalue weighted by molar-refractivity contribution is 6.12. The maximum Gasteiger partial charge on any atom is 0.275 e. The molecule has 1 aromatic heterocycles. The van der Waals surface area contributed by atoms with Gasteiger partial charge in [-0.05, 0) is 36.4 Å². The monoisotopic (exact) mass is 354 g/mol. The number of anilines is 2. The molecule has 0 atom stereocenters. The van der Waals surface area contributed by atoms with Crippen LogP contribution in [-0.4, -0.2) is 29.1 Å². The molecule has 2 aromatic carbocycles. The van der Waals surface area contributed by atoms with Crippen LogP contribution in [0.25, 0.3) is 0 Å². The van der Waals surface area contributed by atoms with E-state index in [1.165, 1.54) is 37.6 Å². The van der Waals surface area contributed by atoms with E-state index in [2.05, 4.69) is 20.8 Å². The van der Waals surface area contributed by atoms with Crippen LogP contribution in [-0.2, 0) is 0 Å². The van der Waals surface area contributed by atoms with Crippen molar-refractivity contribution in [3.05, 3.63) is 71.8 Å². The molecule has 26 heavy (non-hydrogen) atoms. The van der Waals surface area contributed by atoms with Gasteiger partial charge in [0.2, 0.25) is 0 Å². The lowest BCUT2D eigenvalue weighted by Crippen LogP contribution is -2.18. The number of amides is 2. The summed E-state index contributed by atoms with van der Waals surface area (Å²) in [5.41, 5.74) is 1.01. The van der Waals surface area contributed by atoms with Crippen molar-refractivity contribution in [1.82, 2.24) is 10.2 Å². The van der Waals surface area contributed by atoms with Crippen molar-refractivity contribution in [3.8, 4) is 5.75 Å². The van der Waals surface area contributed by atoms with Crippen LogP contribution >= 0.6 is 0 Å². The van der Waals surface area contributed by atoms with Crippen molar-refractivity contribution in [3.63, 3.8) is 0 Å². The van der Waals surface area contributed by atoms with Crippen LogP contribution in [0.15, 0.2) is 54.7 Å². The second-order valence-corrected chi connectivity index (χ2v) is 5.27. The average molecular weight is 354 g/mol. The molecule has 0 unspecified atom stereocenters. The standard InChI is InChI=1S/C18H15FN4O3/c1-26-15-5-3-2-4-13(15)17(24)22-14-10-20-23-16(14)18(25)21-12-8-6-11(19)7-9-12/h2-10H,1H3,(H,20,23)(H,21,25)(H,22,24). The van der Waals surface area contributed by atoms with Crippen LogP contribution in [0.3, 0.4) is 0 Å². The highest BCUT2D eigenvalue weighted by atomic mass is 19.1. The van der Waals surface area contributed by atoms with Gasteiger partial charge >= 0.3 is 0 Å². The Morgan fingerprint density at radius 2 is 1.77 bits per heavy atom. The Hall–Kier alpha value is -3.68. The molecule has 0 bridgehead atoms. The lowest BCUT2D eigenvalue weighted by atomic mass is 10.2. The Balaban J connectivity index is 1.76. The Morgan fingerprint density at radius 3 is 2.50 bits per heavy atom. The average Bonchev–Trinajstić information content (AvgIpc) is 3.11. The molecular formula is C18H15FN4O3. The van der Waals surface area contributed by atoms with Crippen LogP contribution in [0, 0.1) is 5.82 Å². The van der Waals surface area contributed by atoms with Crippen LogP contribution in [0.4, 0.5) is 15.8 Å². The molecule has 3 aromatic rings. The minimum atomic E-state index is -0.524. The van der Waals surface area contributed by atoms with E-state index < -0.39 is 17.6 Å². The summed E-state index contributed by atoms with van der Waals surface area (Å²) in [6.07, 6.45) is 1.33. The molecule has 0 aliphatic rings. The highest BCUT2D eigenvalue weighted by Crippen LogP contribution is 2.21. The zero-order chi connectivity index (χ0) is 18.5. The minimum absolute atomic E-state index is 0.0672. The second kappa shape index (κ2) is 7.47. The summed E-state index contributed by atoms with van der Waals surface area (Å²) in [5, 5.41) is 11.6. The summed E-state index contributed by atoms with van der Waals surface area (Å²) in [6, 6.07) is 12.0. The topological polar surface area (TPSA) is 96.1 Å². The van der Waals surface area contributed by atoms with Gasteiger partial charge in [-0.1, -0.05) is 12.1 Å². The van der Waals surface area contributed by atoms with Crippen LogP contribution < -0.4 is 15.4 Å². The molecule has 0 aliphatic carbocycles. The summed E-state index contributed by atoms with van der Waals surface area (Å²) in [4.78, 5) is 24.8. The first-order valence-electron chi connectivity index (χ1n) is 7.63. The number of nitrogens with zero attached hydrogens (tertiary/aromatic N) is 1. The third-order valence-electron chi connectivity index (χ3n) is 3.57. The number of aromatic nitrogens is 2. The predicted molar refractivity (Wildman–Crippen MR) is 93.9 cm³/mol. The van der Waals surface area contributed by atoms with E-state index in [1.807, 2.05) is 0 Å². The highest BCUT2D eigenvalue weighted by Gasteiger charge is 2.18. The molecule has 8 heteroatoms. The Kier molecular flexibility index (Phi) is 4.93. The quantitative estimate of drug-likeness (QED) is 0.656. The smallest absolute Gasteiger partial charge is 0.275 e. The molecule has 2 amide bonds. The largest absolute Gasteiger partial charge is 0.496 e. The number of ether oxygens (including phenoxy) is 1. The fraction of sp³-hybridized carbons (Fsp3) is 0.0556. The molecule has 0 spiro atoms. The number of aromatic amines is 1. The third-order valence-corrected chi connectivity index (χ3v) is 3.57. The van der Waals surface area contributed by atoms with Gasteiger partial charge in [-0.2, -0.15) is 5.10 Å². The zero-order valence-corrected chi connectivity index (χ0v) is 13.7. The van der Waals surface area contributed by atoms with E-state index in [0.717, 1.165) is 0 Å². The first kappa shape index (κ1) is 17.2. The number of rotatable bonds is 5. The number of carbonyl (C=O) groups is 2. The van der Waals surface area contributed by atoms with Crippen molar-refractivity contribution in [2.24, 2.45) is 0 Å². The number of benzene rings is 2. The summed E-state index contributed by atoms with van der Waals surface area (Å²) >= 11 is 0. The summed E-state index contributed by atoms with van der Waals surface area (Å²) in [7, 11) is 1.46. The van der Waals surface area contributed by atoms with Crippen LogP contribution in [0.1, 0.15) is 20.8 Å². The van der Waals surface area contributed by atoms with Gasteiger partial charge in [0.05, 0.1) is 24.6 Å². The lowest BCUT2D eigenvalue weighted by molar-refractivity contribution is 0.102. The second-order valence-electron chi connectivity index (χ2n) is 5.27. The van der Waals surface area contributed by atoms with E-state index in [-0.39, 0.29) is 11.4 Å². The maximum atomic E-state index is 12.9. The molecule has 132 valence electrons. The summed E-state index contributed by atoms with van der Waals surface area (Å²) in [6.45, 7) is 0. The molecule has 0 saturated carbocycles. The van der Waals surface area contributed by atoms with Gasteiger partial charge in [0, 0.05) is 5.69 Å². The maximum absolute atomic E-state index is 12.9. The van der Waals surface area contributed by atoms with E-state index >= 15 is 0 Å². The Morgan fingerprint density at radius 1 is 1.04 bits per heavy atom. The molecule has 1 heterocycles. The van der Waals surface area contributed by atoms with Gasteiger partial charge in [0.15, 0.2) is 0 Å². The van der Waals surface area contributed by atoms with Crippen LogP contribution in [0.5, 0.6) is 5.75 Å². The van der Waals surface area contributed by atoms with E-state index in [0.29, 0.717) is 17.0 Å². The van der Waals surface area contributed by atoms with Gasteiger partial charge < -0.3 is 15.4 Å². The molecule has 0 saturated heterocycles. The molecule has 0 fully saturated rings. The molecule has 3 rings (SSSR count). The third kappa shape index (κ3) is 3.69. The van der Waals surface area contributed by atoms with Crippen molar-refractivity contribution < 1.29 is 18.7 Å². The van der Waals surface area contributed by atoms with Crippen molar-refractivity contribution in [2.75, 3.05) is 17.7 Å². The van der Waals surface area contributed by atoms with E-state index in [9.17, 15) is 14.0 Å². The molecule has 0 aliphatic heterocycles. The molecule has 3 N–H and O–H groups in total. The minimum Gasteiger partial charge on any atom is -0.496 e. The van der Waals surface area contributed by atoms with Gasteiger partial charge in [0.25, 0.3) is 11.8 Å². The molecule has 7 nitrogen and oxygen atoms in total. The zero-order valence-electron chi connectivity index (χ0n) is 13.7. The number of nitrogens with one attached hydrogen (secondary N) is 3. The number of halogens is 1. The fourth-order valence-corrected chi connectivity index (χ4v) is 2.30. The number of hydrogen-bond donors (Lipinski definition) is 3. The van der Waals surface area contributed by atoms with Crippen LogP contribution in [0.2, 0.25) is 0 Å². The number of para-hydroxylation sites is 1. The molecule has 0 radical (unpaired) electrons. The predicted octanol–water partition coefficient (Wildman–Crippen LogP) is 3.06. The first-order chi connectivity index (χ1) is 12.6. The summed E-state index contributed by atoms with van der Waals surface area (Å²) < 4.78 is 18.1.